The van der Waals surface area contributed by atoms with E-state index in [9.17, 15) is 10.0 Å². The zero-order valence-corrected chi connectivity index (χ0v) is 12.0. The van der Waals surface area contributed by atoms with Crippen LogP contribution in [0.2, 0.25) is 0 Å². The number of pyridine rings is 1. The summed E-state index contributed by atoms with van der Waals surface area (Å²) >= 11 is 0. The van der Waals surface area contributed by atoms with E-state index in [1.54, 1.807) is 37.6 Å². The predicted octanol–water partition coefficient (Wildman–Crippen LogP) is 1.17. The maximum atomic E-state index is 9.36. The van der Waals surface area contributed by atoms with Crippen LogP contribution in [0.4, 0.5) is 5.69 Å². The quantitative estimate of drug-likeness (QED) is 0.631. The Kier molecular flexibility index (Phi) is 3.71. The number of nitrogens with zero attached hydrogens (tertiary/aromatic N) is 1. The molecule has 6 heteroatoms. The van der Waals surface area contributed by atoms with Gasteiger partial charge in [0, 0.05) is 22.8 Å². The highest BCUT2D eigenvalue weighted by atomic mass is 16.5. The van der Waals surface area contributed by atoms with Crippen LogP contribution in [-0.4, -0.2) is 29.3 Å². The molecule has 0 amide bonds. The molecule has 0 saturated heterocycles. The van der Waals surface area contributed by atoms with Gasteiger partial charge in [0.05, 0.1) is 12.6 Å². The van der Waals surface area contributed by atoms with Gasteiger partial charge < -0.3 is 20.5 Å². The SMILES string of the molecule is COc1ccc(B(O)O)cc1-c1ccc2nccc(N)c2c1. The molecule has 1 heterocycles. The van der Waals surface area contributed by atoms with Gasteiger partial charge in [-0.25, -0.2) is 0 Å². The third-order valence-corrected chi connectivity index (χ3v) is 3.61. The summed E-state index contributed by atoms with van der Waals surface area (Å²) < 4.78 is 5.37. The molecule has 0 aliphatic rings. The minimum atomic E-state index is -1.53. The fraction of sp³-hybridized carbons (Fsp3) is 0.0625. The minimum absolute atomic E-state index is 0.398. The van der Waals surface area contributed by atoms with Crippen molar-refractivity contribution in [1.82, 2.24) is 4.98 Å². The molecule has 110 valence electrons. The molecule has 0 atom stereocenters. The van der Waals surface area contributed by atoms with Gasteiger partial charge in [-0.15, -0.1) is 0 Å². The molecule has 22 heavy (non-hydrogen) atoms. The average molecular weight is 294 g/mol. The fourth-order valence-corrected chi connectivity index (χ4v) is 2.45. The van der Waals surface area contributed by atoms with Gasteiger partial charge in [-0.3, -0.25) is 4.98 Å². The first kappa shape index (κ1) is 14.4. The highest BCUT2D eigenvalue weighted by molar-refractivity contribution is 6.58. The van der Waals surface area contributed by atoms with Crippen molar-refractivity contribution in [2.75, 3.05) is 12.8 Å². The summed E-state index contributed by atoms with van der Waals surface area (Å²) in [6.07, 6.45) is 1.67. The largest absolute Gasteiger partial charge is 0.496 e. The third-order valence-electron chi connectivity index (χ3n) is 3.61. The molecule has 2 aromatic carbocycles. The lowest BCUT2D eigenvalue weighted by Crippen LogP contribution is -2.29. The van der Waals surface area contributed by atoms with E-state index in [-0.39, 0.29) is 0 Å². The number of anilines is 1. The first-order valence-electron chi connectivity index (χ1n) is 6.79. The first-order valence-corrected chi connectivity index (χ1v) is 6.79. The number of nitrogens with two attached hydrogens (primary N) is 1. The Bertz CT molecular complexity index is 837. The second kappa shape index (κ2) is 5.67. The van der Waals surface area contributed by atoms with E-state index in [2.05, 4.69) is 4.98 Å². The Morgan fingerprint density at radius 1 is 1.09 bits per heavy atom. The second-order valence-corrected chi connectivity index (χ2v) is 4.97. The summed E-state index contributed by atoms with van der Waals surface area (Å²) in [6, 6.07) is 12.5. The lowest BCUT2D eigenvalue weighted by atomic mass is 9.79. The normalized spacial score (nSPS) is 10.7. The van der Waals surface area contributed by atoms with E-state index in [0.29, 0.717) is 16.9 Å². The molecule has 0 radical (unpaired) electrons. The van der Waals surface area contributed by atoms with Gasteiger partial charge in [0.25, 0.3) is 0 Å². The van der Waals surface area contributed by atoms with Crippen LogP contribution >= 0.6 is 0 Å². The summed E-state index contributed by atoms with van der Waals surface area (Å²) in [5.41, 5.74) is 9.48. The molecule has 4 N–H and O–H groups in total. The van der Waals surface area contributed by atoms with Gasteiger partial charge >= 0.3 is 7.12 Å². The van der Waals surface area contributed by atoms with Crippen LogP contribution in [0.3, 0.4) is 0 Å². The van der Waals surface area contributed by atoms with E-state index < -0.39 is 7.12 Å². The Balaban J connectivity index is 2.21. The van der Waals surface area contributed by atoms with Crippen LogP contribution < -0.4 is 15.9 Å². The average Bonchev–Trinajstić information content (AvgIpc) is 2.54. The number of aromatic nitrogens is 1. The predicted molar refractivity (Wildman–Crippen MR) is 88.0 cm³/mol. The van der Waals surface area contributed by atoms with E-state index >= 15 is 0 Å². The number of rotatable bonds is 3. The highest BCUT2D eigenvalue weighted by Crippen LogP contribution is 2.32. The molecule has 0 fully saturated rings. The van der Waals surface area contributed by atoms with Crippen LogP contribution in [0.1, 0.15) is 0 Å². The summed E-state index contributed by atoms with van der Waals surface area (Å²) in [7, 11) is 0.0436. The topological polar surface area (TPSA) is 88.6 Å². The lowest BCUT2D eigenvalue weighted by molar-refractivity contribution is 0.415. The van der Waals surface area contributed by atoms with Crippen molar-refractivity contribution in [3.63, 3.8) is 0 Å². The third kappa shape index (κ3) is 2.50. The smallest absolute Gasteiger partial charge is 0.488 e. The zero-order valence-electron chi connectivity index (χ0n) is 12.0. The molecule has 0 saturated carbocycles. The highest BCUT2D eigenvalue weighted by Gasteiger charge is 2.15. The van der Waals surface area contributed by atoms with E-state index in [4.69, 9.17) is 10.5 Å². The monoisotopic (exact) mass is 294 g/mol. The van der Waals surface area contributed by atoms with Gasteiger partial charge in [0.1, 0.15) is 5.75 Å². The van der Waals surface area contributed by atoms with Crippen molar-refractivity contribution in [3.05, 3.63) is 48.7 Å². The molecule has 3 rings (SSSR count). The van der Waals surface area contributed by atoms with Crippen LogP contribution in [-0.2, 0) is 0 Å². The van der Waals surface area contributed by atoms with E-state index in [0.717, 1.165) is 22.0 Å². The van der Waals surface area contributed by atoms with Gasteiger partial charge in [0.2, 0.25) is 0 Å². The van der Waals surface area contributed by atoms with Crippen molar-refractivity contribution in [3.8, 4) is 16.9 Å². The molecular weight excluding hydrogens is 279 g/mol. The molecule has 3 aromatic rings. The number of hydrogen-bond acceptors (Lipinski definition) is 5. The van der Waals surface area contributed by atoms with Crippen molar-refractivity contribution in [2.45, 2.75) is 0 Å². The van der Waals surface area contributed by atoms with Gasteiger partial charge in [-0.1, -0.05) is 18.2 Å². The lowest BCUT2D eigenvalue weighted by Gasteiger charge is -2.12. The molecule has 0 aliphatic heterocycles. The van der Waals surface area contributed by atoms with Crippen LogP contribution in [0, 0.1) is 0 Å². The van der Waals surface area contributed by atoms with Crippen molar-refractivity contribution in [1.29, 1.82) is 0 Å². The summed E-state index contributed by atoms with van der Waals surface area (Å²) in [6.45, 7) is 0. The van der Waals surface area contributed by atoms with Gasteiger partial charge in [0.15, 0.2) is 0 Å². The Morgan fingerprint density at radius 2 is 1.91 bits per heavy atom. The van der Waals surface area contributed by atoms with Crippen molar-refractivity contribution >= 4 is 29.2 Å². The Hall–Kier alpha value is -2.57. The van der Waals surface area contributed by atoms with E-state index in [1.165, 1.54) is 0 Å². The number of benzene rings is 2. The number of fused-ring (bicyclic) bond motifs is 1. The second-order valence-electron chi connectivity index (χ2n) is 4.97. The Labute approximate surface area is 128 Å². The minimum Gasteiger partial charge on any atom is -0.496 e. The van der Waals surface area contributed by atoms with Crippen molar-refractivity contribution < 1.29 is 14.8 Å². The maximum absolute atomic E-state index is 9.36. The summed E-state index contributed by atoms with van der Waals surface area (Å²) in [5.74, 6) is 0.645. The van der Waals surface area contributed by atoms with E-state index in [1.807, 2.05) is 18.2 Å². The number of ether oxygens (including phenoxy) is 1. The van der Waals surface area contributed by atoms with Crippen LogP contribution in [0.15, 0.2) is 48.7 Å². The molecule has 0 bridgehead atoms. The van der Waals surface area contributed by atoms with Gasteiger partial charge in [-0.2, -0.15) is 0 Å². The molecule has 0 aliphatic carbocycles. The summed E-state index contributed by atoms with van der Waals surface area (Å²) in [5, 5.41) is 19.6. The van der Waals surface area contributed by atoms with Crippen LogP contribution in [0.25, 0.3) is 22.0 Å². The van der Waals surface area contributed by atoms with Crippen LogP contribution in [0.5, 0.6) is 5.75 Å². The molecule has 5 nitrogen and oxygen atoms in total. The zero-order chi connectivity index (χ0) is 15.7. The molecular formula is C16H15BN2O3. The first-order chi connectivity index (χ1) is 10.6. The summed E-state index contributed by atoms with van der Waals surface area (Å²) in [4.78, 5) is 4.27. The Morgan fingerprint density at radius 3 is 2.64 bits per heavy atom. The number of nitrogen functional groups attached to an aromatic ring is 1. The molecule has 0 spiro atoms. The number of hydrogen-bond donors (Lipinski definition) is 3. The fourth-order valence-electron chi connectivity index (χ4n) is 2.45. The standard InChI is InChI=1S/C16H15BN2O3/c1-22-16-5-3-11(17(20)21)9-12(16)10-2-4-15-13(8-10)14(18)6-7-19-15/h2-9,20-21H,1H3,(H2,18,19). The maximum Gasteiger partial charge on any atom is 0.488 e. The number of methoxy groups -OCH3 is 1. The van der Waals surface area contributed by atoms with Crippen molar-refractivity contribution in [2.24, 2.45) is 0 Å². The molecule has 1 aromatic heterocycles. The molecule has 0 unspecified atom stereocenters. The van der Waals surface area contributed by atoms with Gasteiger partial charge in [-0.05, 0) is 35.3 Å².